The molecule has 242 valence electrons. The average molecular weight is 749 g/mol. The monoisotopic (exact) mass is 749 g/mol. The van der Waals surface area contributed by atoms with E-state index in [2.05, 4.69) is 77.2 Å². The summed E-state index contributed by atoms with van der Waals surface area (Å²) in [7, 11) is 9.55. The number of benzene rings is 2. The van der Waals surface area contributed by atoms with Crippen LogP contribution < -0.4 is 15.5 Å². The molecule has 4 amide bonds. The number of hydrogen-bond donors (Lipinski definition) is 2. The molecule has 0 aromatic heterocycles. The minimum absolute atomic E-state index is 0. The van der Waals surface area contributed by atoms with Crippen LogP contribution in [0.5, 0.6) is 0 Å². The van der Waals surface area contributed by atoms with Gasteiger partial charge in [-0.2, -0.15) is 0 Å². The number of piperazine rings is 1. The van der Waals surface area contributed by atoms with E-state index in [9.17, 15) is 14.4 Å². The summed E-state index contributed by atoms with van der Waals surface area (Å²) in [5.74, 6) is -0.462. The third kappa shape index (κ3) is 11.4. The zero-order chi connectivity index (χ0) is 30.8. The minimum Gasteiger partial charge on any atom is -0.358 e. The molecule has 0 radical (unpaired) electrons. The largest absolute Gasteiger partial charge is 0.358 e. The molecule has 11 nitrogen and oxygen atoms in total. The average Bonchev–Trinajstić information content (AvgIpc) is 2.96. The van der Waals surface area contributed by atoms with Gasteiger partial charge in [0.25, 0.3) is 0 Å². The van der Waals surface area contributed by atoms with Gasteiger partial charge in [0, 0.05) is 26.2 Å². The van der Waals surface area contributed by atoms with E-state index in [1.165, 1.54) is 4.90 Å². The Balaban J connectivity index is 0.00000645. The first-order valence-electron chi connectivity index (χ1n) is 13.7. The van der Waals surface area contributed by atoms with Crippen molar-refractivity contribution < 1.29 is 58.5 Å². The number of rotatable bonds is 11. The van der Waals surface area contributed by atoms with Gasteiger partial charge < -0.3 is 12.3 Å². The van der Waals surface area contributed by atoms with Gasteiger partial charge in [0.1, 0.15) is 0 Å². The van der Waals surface area contributed by atoms with Crippen molar-refractivity contribution in [3.8, 4) is 0 Å². The van der Waals surface area contributed by atoms with Crippen molar-refractivity contribution in [2.45, 2.75) is 26.4 Å². The Morgan fingerprint density at radius 1 is 1.02 bits per heavy atom. The fourth-order valence-electron chi connectivity index (χ4n) is 3.95. The van der Waals surface area contributed by atoms with Crippen LogP contribution >= 0.6 is 0 Å². The van der Waals surface area contributed by atoms with E-state index in [1.807, 2.05) is 57.3 Å². The van der Waals surface area contributed by atoms with Gasteiger partial charge in [-0.25, -0.2) is 0 Å². The molecule has 0 aliphatic carbocycles. The second kappa shape index (κ2) is 17.5. The van der Waals surface area contributed by atoms with Gasteiger partial charge in [-0.1, -0.05) is 0 Å². The first-order valence-corrected chi connectivity index (χ1v) is 14.6. The fourth-order valence-corrected chi connectivity index (χ4v) is 4.56. The Labute approximate surface area is 286 Å². The molecule has 1 saturated heterocycles. The van der Waals surface area contributed by atoms with Crippen LogP contribution in [-0.2, 0) is 11.3 Å². The molecule has 1 heterocycles. The molecular formula is C31H43N8O3Yb-3. The summed E-state index contributed by atoms with van der Waals surface area (Å²) in [6, 6.07) is 14.3. The van der Waals surface area contributed by atoms with Gasteiger partial charge in [0.2, 0.25) is 0 Å². The second-order valence-corrected chi connectivity index (χ2v) is 11.6. The molecule has 0 unspecified atom stereocenters. The molecule has 12 heteroatoms. The summed E-state index contributed by atoms with van der Waals surface area (Å²) in [5.41, 5.74) is 7.27. The maximum Gasteiger partial charge on any atom is -0.358 e. The van der Waals surface area contributed by atoms with E-state index >= 15 is 0 Å². The topological polar surface area (TPSA) is 115 Å². The second-order valence-electron chi connectivity index (χ2n) is 10.5. The van der Waals surface area contributed by atoms with Crippen molar-refractivity contribution in [1.82, 2.24) is 20.0 Å². The zero-order valence-electron chi connectivity index (χ0n) is 25.8. The Hall–Kier alpha value is -2.73. The predicted octanol–water partition coefficient (Wildman–Crippen LogP) is 3.39. The van der Waals surface area contributed by atoms with Crippen molar-refractivity contribution in [3.05, 3.63) is 79.6 Å². The van der Waals surface area contributed by atoms with Gasteiger partial charge in [-0.3, -0.25) is 0 Å². The molecular weight excluding hydrogens is 705 g/mol. The Bertz CT molecular complexity index is 1270. The van der Waals surface area contributed by atoms with Gasteiger partial charge in [0.15, 0.2) is 0 Å². The number of anilines is 2. The maximum atomic E-state index is 13.2. The fraction of sp³-hybridized carbons (Fsp3) is 0.387. The van der Waals surface area contributed by atoms with Crippen molar-refractivity contribution in [2.75, 3.05) is 64.1 Å². The molecule has 0 bridgehead atoms. The van der Waals surface area contributed by atoms with Gasteiger partial charge in [0.05, 0.1) is 0 Å². The summed E-state index contributed by atoms with van der Waals surface area (Å²) in [6.45, 7) is 7.41. The normalized spacial score (nSPS) is 13.6. The van der Waals surface area contributed by atoms with Crippen LogP contribution in [0.3, 0.4) is 0 Å². The number of nitrogens with one attached hydrogen (secondary N) is 2. The first-order chi connectivity index (χ1) is 19.9. The Kier molecular flexibility index (Phi) is 14.9. The van der Waals surface area contributed by atoms with Crippen LogP contribution in [0, 0.1) is 58.6 Å². The Morgan fingerprint density at radius 3 is 2.19 bits per heavy atom. The number of amides is 4. The quantitative estimate of drug-likeness (QED) is 0.208. The number of carbonyl (C=O) groups is 3. The number of carbonyl (C=O) groups excluding carboxylic acids is 3. The molecule has 43 heavy (non-hydrogen) atoms. The first kappa shape index (κ1) is 36.5. The van der Waals surface area contributed by atoms with Crippen LogP contribution in [-0.4, -0.2) is 98.4 Å². The van der Waals surface area contributed by atoms with Gasteiger partial charge in [-0.05, 0) is 7.05 Å². The van der Waals surface area contributed by atoms with E-state index in [0.29, 0.717) is 24.6 Å². The molecule has 1 fully saturated rings. The van der Waals surface area contributed by atoms with Crippen molar-refractivity contribution in [3.63, 3.8) is 0 Å². The molecule has 2 aromatic carbocycles. The molecule has 3 rings (SSSR count). The van der Waals surface area contributed by atoms with E-state index in [1.54, 1.807) is 36.0 Å². The predicted molar refractivity (Wildman–Crippen MR) is 171 cm³/mol. The zero-order valence-corrected chi connectivity index (χ0v) is 27.5. The smallest absolute Gasteiger partial charge is 0.358 e. The van der Waals surface area contributed by atoms with E-state index < -0.39 is 0 Å². The van der Waals surface area contributed by atoms with Gasteiger partial charge in [-0.15, -0.1) is 0 Å². The Morgan fingerprint density at radius 2 is 1.63 bits per heavy atom. The number of nitrogens with zero attached hydrogens (tertiary/aromatic N) is 6. The summed E-state index contributed by atoms with van der Waals surface area (Å²) >= 11 is 3.08. The number of hydrogen-bond acceptors (Lipinski definition) is 6. The van der Waals surface area contributed by atoms with Gasteiger partial charge >= 0.3 is 243 Å². The van der Waals surface area contributed by atoms with Crippen LogP contribution in [0.2, 0.25) is 0 Å². The molecule has 1 aliphatic rings. The third-order valence-corrected chi connectivity index (χ3v) is 7.16. The molecule has 0 spiro atoms. The molecule has 2 aromatic rings. The molecule has 0 atom stereocenters. The van der Waals surface area contributed by atoms with Crippen molar-refractivity contribution >= 4 is 35.2 Å². The summed E-state index contributed by atoms with van der Waals surface area (Å²) in [6.07, 6.45) is 0. The molecule has 0 saturated carbocycles. The third-order valence-electron chi connectivity index (χ3n) is 6.48. The van der Waals surface area contributed by atoms with E-state index in [0.717, 1.165) is 24.3 Å². The molecule has 2 N–H and O–H groups in total. The van der Waals surface area contributed by atoms with Crippen molar-refractivity contribution in [1.29, 1.82) is 0 Å². The van der Waals surface area contributed by atoms with Crippen LogP contribution in [0.1, 0.15) is 29.8 Å². The summed E-state index contributed by atoms with van der Waals surface area (Å²) in [5, 5.41) is 10.1. The van der Waals surface area contributed by atoms with Crippen molar-refractivity contribution in [2.24, 2.45) is 5.10 Å². The number of likely N-dealkylation sites (N-methyl/N-ethyl adjacent to an activating group) is 1. The SMILES string of the molecule is [CH2-]N(C[C](=[Yb])/C(=N\[N-]C(C)C)C(=O)NCc1ccc(NC(=O)N2CCN(C)CC2)cc1)c1ccc(C(=O)N(C)C)cc1.[CH3-]. The van der Waals surface area contributed by atoms with E-state index in [4.69, 9.17) is 0 Å². The number of urea groups is 1. The van der Waals surface area contributed by atoms with Crippen LogP contribution in [0.25, 0.3) is 5.43 Å². The van der Waals surface area contributed by atoms with Crippen LogP contribution in [0.4, 0.5) is 16.2 Å². The maximum absolute atomic E-state index is 13.2. The molecule has 1 aliphatic heterocycles. The minimum atomic E-state index is -0.378. The summed E-state index contributed by atoms with van der Waals surface area (Å²) < 4.78 is 0.558. The van der Waals surface area contributed by atoms with E-state index in [-0.39, 0.29) is 50.1 Å². The standard InChI is InChI=1S/C30H41N8O3.CH3.Yb/c1-22(2)33-34-27(15-16-37(6)26-13-9-24(10-14-26)29(40)35(3)4)28(39)31-21-23-7-11-25(12-8-23)32-30(41)38-19-17-36(5)18-20-38;;/h7-14,22H,6,16-21H2,1-5H3,(H3,31,32,33,39,41);1H3;/q2*-1;/p-1. The summed E-state index contributed by atoms with van der Waals surface area (Å²) in [4.78, 5) is 45.1. The van der Waals surface area contributed by atoms with Crippen LogP contribution in [0.15, 0.2) is 53.6 Å².